The highest BCUT2D eigenvalue weighted by molar-refractivity contribution is 7.21. The zero-order chi connectivity index (χ0) is 37.8. The van der Waals surface area contributed by atoms with Crippen molar-refractivity contribution in [1.29, 1.82) is 0 Å². The molecule has 0 saturated carbocycles. The lowest BCUT2D eigenvalue weighted by molar-refractivity contribution is 0.952. The maximum atomic E-state index is 9.07. The van der Waals surface area contributed by atoms with Crippen molar-refractivity contribution >= 4 is 43.4 Å². The number of para-hydroxylation sites is 3. The first-order valence-corrected chi connectivity index (χ1v) is 12.8. The lowest BCUT2D eigenvalue weighted by Crippen LogP contribution is -2.06. The third-order valence-electron chi connectivity index (χ3n) is 6.24. The van der Waals surface area contributed by atoms with Crippen molar-refractivity contribution in [3.05, 3.63) is 127 Å². The van der Waals surface area contributed by atoms with Gasteiger partial charge in [-0.25, -0.2) is 9.97 Å². The molecule has 8 rings (SSSR count). The van der Waals surface area contributed by atoms with Gasteiger partial charge in [-0.1, -0.05) is 103 Å². The van der Waals surface area contributed by atoms with Crippen LogP contribution in [0.5, 0.6) is 0 Å². The van der Waals surface area contributed by atoms with E-state index >= 15 is 0 Å². The summed E-state index contributed by atoms with van der Waals surface area (Å²) in [4.78, 5) is 18.5. The SMILES string of the molecule is [2H]c1c([2H])c([2H])c(-c2c([2H])c([2H])c(-c3nc(-c4nc5c([2H])c([2H])c([2H])c([2H])c5s4)nc(-n4c5ccccc5c5ccccc54)n3)c([2H])c2[2H])c([2H])c1[2H]. The number of thiazole rings is 1. The second kappa shape index (κ2) is 9.22. The molecule has 5 aromatic carbocycles. The minimum absolute atomic E-state index is 0.00719. The molecule has 0 amide bonds. The van der Waals surface area contributed by atoms with Crippen molar-refractivity contribution in [2.24, 2.45) is 0 Å². The fraction of sp³-hybridized carbons (Fsp3) is 0. The van der Waals surface area contributed by atoms with Crippen LogP contribution in [0.2, 0.25) is 0 Å². The standard InChI is InChI=1S/C34H21N5S/c1-2-10-22(11-3-1)23-18-20-24(21-19-23)31-36-32(33-35-27-14-6-9-17-30(27)40-33)38-34(37-31)39-28-15-7-4-12-25(28)26-13-5-8-16-29(26)39/h1-21H/i1D,2D,3D,6D,9D,10D,11D,14D,17D,18D,19D,20D,21D. The monoisotopic (exact) mass is 544 g/mol. The summed E-state index contributed by atoms with van der Waals surface area (Å²) < 4.78 is 112. The Kier molecular flexibility index (Phi) is 3.05. The van der Waals surface area contributed by atoms with Crippen molar-refractivity contribution in [2.75, 3.05) is 0 Å². The Morgan fingerprint density at radius 2 is 1.15 bits per heavy atom. The number of benzene rings is 5. The lowest BCUT2D eigenvalue weighted by Gasteiger charge is -2.10. The Hall–Kier alpha value is -5.20. The molecule has 8 aromatic rings. The van der Waals surface area contributed by atoms with Crippen molar-refractivity contribution in [2.45, 2.75) is 0 Å². The van der Waals surface area contributed by atoms with Crippen LogP contribution in [0.4, 0.5) is 0 Å². The zero-order valence-electron chi connectivity index (χ0n) is 33.3. The van der Waals surface area contributed by atoms with Gasteiger partial charge in [-0.3, -0.25) is 4.57 Å². The molecule has 0 N–H and O–H groups in total. The van der Waals surface area contributed by atoms with E-state index in [2.05, 4.69) is 15.0 Å². The fourth-order valence-electron chi connectivity index (χ4n) is 4.50. The van der Waals surface area contributed by atoms with Crippen LogP contribution in [0.25, 0.3) is 71.3 Å². The summed E-state index contributed by atoms with van der Waals surface area (Å²) in [5, 5.41) is 1.80. The first-order valence-electron chi connectivity index (χ1n) is 18.5. The first-order chi connectivity index (χ1) is 25.2. The van der Waals surface area contributed by atoms with Gasteiger partial charge in [-0.05, 0) is 35.3 Å². The van der Waals surface area contributed by atoms with Gasteiger partial charge in [0.1, 0.15) is 0 Å². The average Bonchev–Trinajstić information content (AvgIpc) is 3.76. The maximum Gasteiger partial charge on any atom is 0.238 e. The Balaban J connectivity index is 1.46. The summed E-state index contributed by atoms with van der Waals surface area (Å²) in [6.45, 7) is 0. The van der Waals surface area contributed by atoms with Crippen LogP contribution in [0.3, 0.4) is 0 Å². The topological polar surface area (TPSA) is 56.5 Å². The predicted octanol–water partition coefficient (Wildman–Crippen LogP) is 8.58. The molecule has 6 heteroatoms. The Labute approximate surface area is 252 Å². The highest BCUT2D eigenvalue weighted by atomic mass is 32.1. The molecule has 3 heterocycles. The van der Waals surface area contributed by atoms with Gasteiger partial charge in [-0.15, -0.1) is 11.3 Å². The lowest BCUT2D eigenvalue weighted by atomic mass is 10.0. The van der Waals surface area contributed by atoms with Crippen molar-refractivity contribution in [3.8, 4) is 39.3 Å². The van der Waals surface area contributed by atoms with Crippen LogP contribution < -0.4 is 0 Å². The molecular weight excluding hydrogens is 510 g/mol. The van der Waals surface area contributed by atoms with Crippen LogP contribution in [-0.2, 0) is 0 Å². The highest BCUT2D eigenvalue weighted by Gasteiger charge is 2.19. The third kappa shape index (κ3) is 3.77. The minimum Gasteiger partial charge on any atom is -0.278 e. The van der Waals surface area contributed by atoms with Crippen LogP contribution in [0.15, 0.2) is 127 Å². The number of hydrogen-bond acceptors (Lipinski definition) is 5. The number of hydrogen-bond donors (Lipinski definition) is 0. The van der Waals surface area contributed by atoms with Crippen LogP contribution >= 0.6 is 11.3 Å². The molecule has 0 unspecified atom stereocenters. The summed E-state index contributed by atoms with van der Waals surface area (Å²) in [7, 11) is 0. The molecule has 188 valence electrons. The van der Waals surface area contributed by atoms with E-state index in [1.54, 1.807) is 4.57 Å². The van der Waals surface area contributed by atoms with Gasteiger partial charge in [0.15, 0.2) is 16.7 Å². The Bertz CT molecular complexity index is 2750. The van der Waals surface area contributed by atoms with Crippen LogP contribution in [0, 0.1) is 0 Å². The zero-order valence-corrected chi connectivity index (χ0v) is 21.1. The van der Waals surface area contributed by atoms with E-state index in [0.29, 0.717) is 11.0 Å². The van der Waals surface area contributed by atoms with E-state index in [1.165, 1.54) is 0 Å². The van der Waals surface area contributed by atoms with Crippen molar-refractivity contribution in [3.63, 3.8) is 0 Å². The molecule has 0 spiro atoms. The Morgan fingerprint density at radius 3 is 1.90 bits per heavy atom. The molecule has 0 aliphatic rings. The number of nitrogens with zero attached hydrogens (tertiary/aromatic N) is 5. The van der Waals surface area contributed by atoms with Gasteiger partial charge in [-0.2, -0.15) is 9.97 Å². The molecule has 40 heavy (non-hydrogen) atoms. The van der Waals surface area contributed by atoms with E-state index < -0.39 is 77.6 Å². The van der Waals surface area contributed by atoms with E-state index in [0.717, 1.165) is 22.1 Å². The van der Waals surface area contributed by atoms with Gasteiger partial charge in [0.05, 0.1) is 39.1 Å². The smallest absolute Gasteiger partial charge is 0.238 e. The van der Waals surface area contributed by atoms with Gasteiger partial charge in [0.2, 0.25) is 5.95 Å². The maximum absolute atomic E-state index is 9.07. The molecule has 5 nitrogen and oxygen atoms in total. The Morgan fingerprint density at radius 1 is 0.550 bits per heavy atom. The molecule has 0 bridgehead atoms. The minimum atomic E-state index is -0.697. The summed E-state index contributed by atoms with van der Waals surface area (Å²) in [5.74, 6) is -0.417. The molecule has 3 aromatic heterocycles. The summed E-state index contributed by atoms with van der Waals surface area (Å²) in [5.41, 5.74) is 0.0210. The summed E-state index contributed by atoms with van der Waals surface area (Å²) in [6, 6.07) is 7.27. The van der Waals surface area contributed by atoms with E-state index in [-0.39, 0.29) is 50.5 Å². The normalized spacial score (nSPS) is 16.1. The number of fused-ring (bicyclic) bond motifs is 4. The predicted molar refractivity (Wildman–Crippen MR) is 164 cm³/mol. The van der Waals surface area contributed by atoms with Crippen LogP contribution in [0.1, 0.15) is 17.8 Å². The van der Waals surface area contributed by atoms with Crippen molar-refractivity contribution < 1.29 is 17.8 Å². The van der Waals surface area contributed by atoms with Gasteiger partial charge in [0, 0.05) is 16.3 Å². The molecule has 0 radical (unpaired) electrons. The molecule has 0 aliphatic heterocycles. The second-order valence-electron chi connectivity index (χ2n) is 8.60. The second-order valence-corrected chi connectivity index (χ2v) is 9.60. The third-order valence-corrected chi connectivity index (χ3v) is 7.21. The largest absolute Gasteiger partial charge is 0.278 e. The van der Waals surface area contributed by atoms with E-state index in [4.69, 9.17) is 22.8 Å². The summed E-state index contributed by atoms with van der Waals surface area (Å²) in [6.07, 6.45) is 0. The average molecular weight is 545 g/mol. The molecule has 0 fully saturated rings. The number of rotatable bonds is 4. The van der Waals surface area contributed by atoms with Crippen LogP contribution in [-0.4, -0.2) is 24.5 Å². The van der Waals surface area contributed by atoms with Gasteiger partial charge >= 0.3 is 0 Å². The van der Waals surface area contributed by atoms with Gasteiger partial charge in [0.25, 0.3) is 0 Å². The van der Waals surface area contributed by atoms with Crippen molar-refractivity contribution in [1.82, 2.24) is 24.5 Å². The number of aromatic nitrogens is 5. The van der Waals surface area contributed by atoms with E-state index in [1.807, 2.05) is 48.5 Å². The molecular formula is C34H21N5S. The highest BCUT2D eigenvalue weighted by Crippen LogP contribution is 2.34. The molecule has 0 atom stereocenters. The first kappa shape index (κ1) is 13.2. The summed E-state index contributed by atoms with van der Waals surface area (Å²) >= 11 is 0.908. The molecule has 0 saturated heterocycles. The molecule has 0 aliphatic carbocycles. The quantitative estimate of drug-likeness (QED) is 0.223. The fourth-order valence-corrected chi connectivity index (χ4v) is 5.31. The van der Waals surface area contributed by atoms with Gasteiger partial charge < -0.3 is 0 Å². The van der Waals surface area contributed by atoms with E-state index in [9.17, 15) is 0 Å².